The number of para-hydroxylation sites is 1. The largest absolute Gasteiger partial charge is 0.487 e. The molecule has 4 aromatic rings. The van der Waals surface area contributed by atoms with Crippen molar-refractivity contribution in [1.82, 2.24) is 28.6 Å². The molecule has 0 radical (unpaired) electrons. The average molecular weight is 704 g/mol. The standard InChI is InChI=1S/C33H40Cl2N6O5S/c1-23-20-28(40-18-13-36-22-40)24-8-4-10-29(32(24)37-23)46-21-25-26(34)11-12-30(31(25)35)47(44,45)41-17-5-9-27(41)33(43)39(3)16-6-14-38(2)15-7-19-42/h4,8,10-13,18,20,22,27,42H,5-7,9,14-17,19,21H2,1-3H3/t27-/m0/s1. The maximum absolute atomic E-state index is 14.0. The Bertz CT molecular complexity index is 1820. The van der Waals surface area contributed by atoms with E-state index in [1.807, 2.05) is 42.9 Å². The maximum Gasteiger partial charge on any atom is 0.245 e. The lowest BCUT2D eigenvalue weighted by Gasteiger charge is -2.28. The number of pyridine rings is 1. The lowest BCUT2D eigenvalue weighted by molar-refractivity contribution is -0.133. The first-order chi connectivity index (χ1) is 22.5. The number of aromatic nitrogens is 3. The minimum absolute atomic E-state index is 0.0432. The molecule has 5 rings (SSSR count). The van der Waals surface area contributed by atoms with Crippen LogP contribution in [0.2, 0.25) is 10.0 Å². The Labute approximate surface area is 285 Å². The maximum atomic E-state index is 14.0. The Morgan fingerprint density at radius 2 is 1.91 bits per heavy atom. The number of hydrogen-bond donors (Lipinski definition) is 1. The number of likely N-dealkylation sites (N-methyl/N-ethyl adjacent to an activating group) is 1. The lowest BCUT2D eigenvalue weighted by Crippen LogP contribution is -2.47. The number of benzene rings is 2. The molecule has 11 nitrogen and oxygen atoms in total. The molecule has 14 heteroatoms. The molecular formula is C33H40Cl2N6O5S. The molecule has 1 fully saturated rings. The van der Waals surface area contributed by atoms with Crippen LogP contribution in [0, 0.1) is 6.92 Å². The Morgan fingerprint density at radius 1 is 1.13 bits per heavy atom. The number of sulfonamides is 1. The van der Waals surface area contributed by atoms with Crippen molar-refractivity contribution in [2.45, 2.75) is 50.2 Å². The van der Waals surface area contributed by atoms with E-state index in [0.717, 1.165) is 36.3 Å². The average Bonchev–Trinajstić information content (AvgIpc) is 3.76. The van der Waals surface area contributed by atoms with E-state index in [1.165, 1.54) is 16.4 Å². The fourth-order valence-corrected chi connectivity index (χ4v) is 8.43. The predicted octanol–water partition coefficient (Wildman–Crippen LogP) is 4.93. The molecule has 1 atom stereocenters. The molecule has 2 aromatic heterocycles. The van der Waals surface area contributed by atoms with E-state index in [4.69, 9.17) is 38.0 Å². The van der Waals surface area contributed by atoms with Crippen LogP contribution in [-0.2, 0) is 21.4 Å². The molecule has 0 aliphatic carbocycles. The Morgan fingerprint density at radius 3 is 2.66 bits per heavy atom. The van der Waals surface area contributed by atoms with Crippen LogP contribution in [0.15, 0.2) is 60.0 Å². The van der Waals surface area contributed by atoms with Crippen molar-refractivity contribution < 1.29 is 23.1 Å². The molecule has 0 unspecified atom stereocenters. The van der Waals surface area contributed by atoms with Crippen molar-refractivity contribution in [2.75, 3.05) is 46.9 Å². The number of amides is 1. The van der Waals surface area contributed by atoms with Crippen molar-refractivity contribution in [2.24, 2.45) is 0 Å². The van der Waals surface area contributed by atoms with Gasteiger partial charge in [-0.25, -0.2) is 18.4 Å². The number of nitrogens with zero attached hydrogens (tertiary/aromatic N) is 6. The zero-order valence-corrected chi connectivity index (χ0v) is 29.1. The fraction of sp³-hybridized carbons (Fsp3) is 0.424. The number of carbonyl (C=O) groups excluding carboxylic acids is 1. The third-order valence-corrected chi connectivity index (χ3v) is 11.2. The third kappa shape index (κ3) is 7.74. The molecule has 1 N–H and O–H groups in total. The molecule has 3 heterocycles. The molecule has 252 valence electrons. The highest BCUT2D eigenvalue weighted by atomic mass is 35.5. The smallest absolute Gasteiger partial charge is 0.245 e. The van der Waals surface area contributed by atoms with Gasteiger partial charge in [0, 0.05) is 67.3 Å². The molecule has 2 aromatic carbocycles. The van der Waals surface area contributed by atoms with Crippen LogP contribution < -0.4 is 4.74 Å². The summed E-state index contributed by atoms with van der Waals surface area (Å²) in [5.41, 5.74) is 2.63. The molecule has 47 heavy (non-hydrogen) atoms. The monoisotopic (exact) mass is 702 g/mol. The first kappa shape index (κ1) is 35.1. The van der Waals surface area contributed by atoms with Gasteiger partial charge in [-0.3, -0.25) is 4.79 Å². The zero-order chi connectivity index (χ0) is 33.7. The molecule has 0 spiro atoms. The highest BCUT2D eigenvalue weighted by Crippen LogP contribution is 2.37. The minimum Gasteiger partial charge on any atom is -0.487 e. The van der Waals surface area contributed by atoms with Gasteiger partial charge in [-0.1, -0.05) is 35.3 Å². The van der Waals surface area contributed by atoms with Crippen LogP contribution in [0.5, 0.6) is 5.75 Å². The van der Waals surface area contributed by atoms with Gasteiger partial charge >= 0.3 is 0 Å². The summed E-state index contributed by atoms with van der Waals surface area (Å²) in [5, 5.41) is 10.1. The highest BCUT2D eigenvalue weighted by Gasteiger charge is 2.41. The van der Waals surface area contributed by atoms with Gasteiger partial charge in [0.1, 0.15) is 28.8 Å². The van der Waals surface area contributed by atoms with E-state index in [9.17, 15) is 13.2 Å². The minimum atomic E-state index is -4.15. The number of imidazole rings is 1. The van der Waals surface area contributed by atoms with E-state index in [1.54, 1.807) is 30.5 Å². The van der Waals surface area contributed by atoms with Crippen molar-refractivity contribution >= 4 is 50.0 Å². The van der Waals surface area contributed by atoms with Gasteiger partial charge in [-0.05, 0) is 70.5 Å². The summed E-state index contributed by atoms with van der Waals surface area (Å²) < 4.78 is 37.4. The fourth-order valence-electron chi connectivity index (χ4n) is 5.91. The number of hydrogen-bond acceptors (Lipinski definition) is 8. The first-order valence-corrected chi connectivity index (χ1v) is 17.8. The van der Waals surface area contributed by atoms with Crippen LogP contribution in [0.4, 0.5) is 0 Å². The quantitative estimate of drug-likeness (QED) is 0.196. The molecule has 0 bridgehead atoms. The Kier molecular flexibility index (Phi) is 11.4. The molecule has 1 amide bonds. The summed E-state index contributed by atoms with van der Waals surface area (Å²) in [6.07, 6.45) is 7.67. The number of rotatable bonds is 14. The third-order valence-electron chi connectivity index (χ3n) is 8.40. The van der Waals surface area contributed by atoms with Crippen molar-refractivity contribution in [1.29, 1.82) is 0 Å². The number of aliphatic hydroxyl groups is 1. The Balaban J connectivity index is 1.34. The van der Waals surface area contributed by atoms with Crippen molar-refractivity contribution in [3.05, 3.63) is 76.4 Å². The van der Waals surface area contributed by atoms with Crippen LogP contribution in [0.25, 0.3) is 16.6 Å². The van der Waals surface area contributed by atoms with Crippen molar-refractivity contribution in [3.8, 4) is 11.4 Å². The molecule has 1 saturated heterocycles. The van der Waals surface area contributed by atoms with Gasteiger partial charge in [0.25, 0.3) is 0 Å². The summed E-state index contributed by atoms with van der Waals surface area (Å²) in [6, 6.07) is 9.61. The van der Waals surface area contributed by atoms with Crippen LogP contribution in [0.1, 0.15) is 36.9 Å². The normalized spacial score (nSPS) is 15.5. The number of aliphatic hydroxyl groups excluding tert-OH is 1. The van der Waals surface area contributed by atoms with Gasteiger partial charge in [0.2, 0.25) is 15.9 Å². The molecule has 0 saturated carbocycles. The summed E-state index contributed by atoms with van der Waals surface area (Å²) in [4.78, 5) is 25.9. The number of carbonyl (C=O) groups is 1. The number of halogens is 2. The second-order valence-corrected chi connectivity index (χ2v) is 14.4. The van der Waals surface area contributed by atoms with E-state index < -0.39 is 16.1 Å². The summed E-state index contributed by atoms with van der Waals surface area (Å²) in [7, 11) is -0.479. The van der Waals surface area contributed by atoms with Gasteiger partial charge < -0.3 is 24.2 Å². The van der Waals surface area contributed by atoms with Crippen molar-refractivity contribution in [3.63, 3.8) is 0 Å². The number of aryl methyl sites for hydroxylation is 1. The van der Waals surface area contributed by atoms with Gasteiger partial charge in [-0.2, -0.15) is 4.31 Å². The second kappa shape index (κ2) is 15.3. The van der Waals surface area contributed by atoms with Gasteiger partial charge in [0.15, 0.2) is 0 Å². The summed E-state index contributed by atoms with van der Waals surface area (Å²) >= 11 is 13.3. The van der Waals surface area contributed by atoms with Crippen LogP contribution in [-0.4, -0.2) is 101 Å². The van der Waals surface area contributed by atoms with Gasteiger partial charge in [-0.15, -0.1) is 0 Å². The van der Waals surface area contributed by atoms with E-state index in [2.05, 4.69) is 9.88 Å². The summed E-state index contributed by atoms with van der Waals surface area (Å²) in [6.45, 7) is 4.15. The summed E-state index contributed by atoms with van der Waals surface area (Å²) in [5.74, 6) is 0.243. The Hall–Kier alpha value is -3.26. The zero-order valence-electron chi connectivity index (χ0n) is 26.8. The second-order valence-electron chi connectivity index (χ2n) is 11.8. The molecular weight excluding hydrogens is 663 g/mol. The van der Waals surface area contributed by atoms with E-state index in [0.29, 0.717) is 42.6 Å². The van der Waals surface area contributed by atoms with E-state index >= 15 is 0 Å². The molecule has 1 aliphatic rings. The number of ether oxygens (including phenoxy) is 1. The lowest BCUT2D eigenvalue weighted by atomic mass is 10.1. The number of fused-ring (bicyclic) bond motifs is 1. The van der Waals surface area contributed by atoms with Crippen LogP contribution in [0.3, 0.4) is 0 Å². The van der Waals surface area contributed by atoms with E-state index in [-0.39, 0.29) is 40.6 Å². The topological polar surface area (TPSA) is 121 Å². The first-order valence-electron chi connectivity index (χ1n) is 15.6. The predicted molar refractivity (Wildman–Crippen MR) is 183 cm³/mol. The highest BCUT2D eigenvalue weighted by molar-refractivity contribution is 7.89. The van der Waals surface area contributed by atoms with Crippen LogP contribution >= 0.6 is 23.2 Å². The SMILES string of the molecule is Cc1cc(-n2ccnc2)c2cccc(OCc3c(Cl)ccc(S(=O)(=O)N4CCC[C@H]4C(=O)N(C)CCCN(C)CCCO)c3Cl)c2n1. The van der Waals surface area contributed by atoms with Gasteiger partial charge in [0.05, 0.1) is 17.0 Å². The molecule has 1 aliphatic heterocycles.